The van der Waals surface area contributed by atoms with Gasteiger partial charge in [-0.15, -0.1) is 0 Å². The SMILES string of the molecule is N#C[C@H](c1ccc(Br)cc1)[C@H](CC(=O)c1ccccc1)c1ccccc1. The first-order valence-corrected chi connectivity index (χ1v) is 9.26. The first-order valence-electron chi connectivity index (χ1n) is 8.47. The summed E-state index contributed by atoms with van der Waals surface area (Å²) in [5.74, 6) is -0.537. The molecule has 26 heavy (non-hydrogen) atoms. The smallest absolute Gasteiger partial charge is 0.163 e. The molecular weight excluding hydrogens is 386 g/mol. The van der Waals surface area contributed by atoms with Crippen molar-refractivity contribution in [2.45, 2.75) is 18.3 Å². The van der Waals surface area contributed by atoms with E-state index in [9.17, 15) is 10.1 Å². The molecule has 128 valence electrons. The Bertz CT molecular complexity index is 898. The second-order valence-corrected chi connectivity index (χ2v) is 7.08. The Morgan fingerprint density at radius 1 is 0.846 bits per heavy atom. The van der Waals surface area contributed by atoms with Crippen LogP contribution in [0.15, 0.2) is 89.4 Å². The molecule has 3 rings (SSSR count). The molecule has 3 heteroatoms. The van der Waals surface area contributed by atoms with Gasteiger partial charge in [0, 0.05) is 22.4 Å². The lowest BCUT2D eigenvalue weighted by Gasteiger charge is -2.22. The zero-order chi connectivity index (χ0) is 18.4. The fourth-order valence-corrected chi connectivity index (χ4v) is 3.40. The largest absolute Gasteiger partial charge is 0.294 e. The van der Waals surface area contributed by atoms with Crippen molar-refractivity contribution in [2.75, 3.05) is 0 Å². The summed E-state index contributed by atoms with van der Waals surface area (Å²) in [4.78, 5) is 12.8. The molecule has 0 amide bonds. The Morgan fingerprint density at radius 3 is 2.00 bits per heavy atom. The normalized spacial score (nSPS) is 12.8. The van der Waals surface area contributed by atoms with E-state index in [-0.39, 0.29) is 11.7 Å². The lowest BCUT2D eigenvalue weighted by atomic mass is 9.78. The minimum absolute atomic E-state index is 0.0526. The third kappa shape index (κ3) is 4.28. The molecule has 0 aromatic heterocycles. The second kappa shape index (κ2) is 8.60. The average Bonchev–Trinajstić information content (AvgIpc) is 2.70. The van der Waals surface area contributed by atoms with Crippen molar-refractivity contribution in [3.8, 4) is 6.07 Å². The summed E-state index contributed by atoms with van der Waals surface area (Å²) >= 11 is 3.43. The van der Waals surface area contributed by atoms with Gasteiger partial charge in [-0.1, -0.05) is 88.7 Å². The maximum absolute atomic E-state index is 12.8. The van der Waals surface area contributed by atoms with Gasteiger partial charge in [-0.2, -0.15) is 5.26 Å². The van der Waals surface area contributed by atoms with Crippen molar-refractivity contribution in [1.82, 2.24) is 0 Å². The molecule has 0 aliphatic heterocycles. The molecule has 0 saturated heterocycles. The molecule has 0 radical (unpaired) electrons. The van der Waals surface area contributed by atoms with Gasteiger partial charge in [0.1, 0.15) is 0 Å². The molecule has 0 unspecified atom stereocenters. The zero-order valence-corrected chi connectivity index (χ0v) is 15.8. The molecule has 0 aliphatic rings. The highest BCUT2D eigenvalue weighted by atomic mass is 79.9. The fourth-order valence-electron chi connectivity index (χ4n) is 3.14. The highest BCUT2D eigenvalue weighted by Gasteiger charge is 2.27. The van der Waals surface area contributed by atoms with Gasteiger partial charge in [-0.05, 0) is 23.3 Å². The highest BCUT2D eigenvalue weighted by Crippen LogP contribution is 2.36. The van der Waals surface area contributed by atoms with E-state index in [0.717, 1.165) is 15.6 Å². The van der Waals surface area contributed by atoms with E-state index in [0.29, 0.717) is 12.0 Å². The number of rotatable bonds is 6. The number of benzene rings is 3. The summed E-state index contributed by atoms with van der Waals surface area (Å²) in [6.07, 6.45) is 0.294. The Hall–Kier alpha value is -2.70. The van der Waals surface area contributed by atoms with Crippen LogP contribution in [-0.2, 0) is 0 Å². The summed E-state index contributed by atoms with van der Waals surface area (Å²) in [6.45, 7) is 0. The summed E-state index contributed by atoms with van der Waals surface area (Å²) in [5.41, 5.74) is 2.61. The van der Waals surface area contributed by atoms with Crippen LogP contribution in [0.3, 0.4) is 0 Å². The van der Waals surface area contributed by atoms with Crippen LogP contribution >= 0.6 is 15.9 Å². The van der Waals surface area contributed by atoms with E-state index in [1.165, 1.54) is 0 Å². The van der Waals surface area contributed by atoms with Crippen LogP contribution in [-0.4, -0.2) is 5.78 Å². The molecule has 0 fully saturated rings. The van der Waals surface area contributed by atoms with Crippen molar-refractivity contribution < 1.29 is 4.79 Å². The molecular formula is C23H18BrNO. The summed E-state index contributed by atoms with van der Waals surface area (Å²) in [6, 6.07) is 29.3. The van der Waals surface area contributed by atoms with Crippen LogP contribution in [0.1, 0.15) is 39.7 Å². The van der Waals surface area contributed by atoms with Crippen LogP contribution < -0.4 is 0 Å². The Kier molecular flexibility index (Phi) is 5.99. The molecule has 0 bridgehead atoms. The van der Waals surface area contributed by atoms with Crippen LogP contribution in [0.2, 0.25) is 0 Å². The molecule has 0 N–H and O–H groups in total. The molecule has 0 aliphatic carbocycles. The van der Waals surface area contributed by atoms with Gasteiger partial charge in [0.15, 0.2) is 5.78 Å². The number of Topliss-reactive ketones (excluding diaryl/α,β-unsaturated/α-hetero) is 1. The highest BCUT2D eigenvalue weighted by molar-refractivity contribution is 9.10. The summed E-state index contributed by atoms with van der Waals surface area (Å²) in [7, 11) is 0. The maximum Gasteiger partial charge on any atom is 0.163 e. The van der Waals surface area contributed by atoms with Crippen LogP contribution in [0.5, 0.6) is 0 Å². The minimum atomic E-state index is -0.391. The quantitative estimate of drug-likeness (QED) is 0.465. The number of ketones is 1. The van der Waals surface area contributed by atoms with Crippen molar-refractivity contribution in [2.24, 2.45) is 0 Å². The molecule has 0 spiro atoms. The fraction of sp³-hybridized carbons (Fsp3) is 0.130. The maximum atomic E-state index is 12.8. The Labute approximate surface area is 162 Å². The molecule has 0 saturated carbocycles. The second-order valence-electron chi connectivity index (χ2n) is 6.17. The van der Waals surface area contributed by atoms with Gasteiger partial charge < -0.3 is 0 Å². The number of nitrogens with zero attached hydrogens (tertiary/aromatic N) is 1. The Balaban J connectivity index is 1.96. The Morgan fingerprint density at radius 2 is 1.42 bits per heavy atom. The zero-order valence-electron chi connectivity index (χ0n) is 14.2. The summed E-state index contributed by atoms with van der Waals surface area (Å²) in [5, 5.41) is 9.89. The standard InChI is InChI=1S/C23H18BrNO/c24-20-13-11-18(12-14-20)22(16-25)21(17-7-3-1-4-8-17)15-23(26)19-9-5-2-6-10-19/h1-14,21-22H,15H2/t21-,22-/m1/s1. The molecule has 2 nitrogen and oxygen atoms in total. The van der Waals surface area contributed by atoms with Crippen LogP contribution in [0, 0.1) is 11.3 Å². The third-order valence-electron chi connectivity index (χ3n) is 4.50. The average molecular weight is 404 g/mol. The van der Waals surface area contributed by atoms with Gasteiger partial charge in [0.25, 0.3) is 0 Å². The van der Waals surface area contributed by atoms with Gasteiger partial charge in [0.05, 0.1) is 12.0 Å². The van der Waals surface area contributed by atoms with E-state index in [1.807, 2.05) is 84.9 Å². The molecule has 0 heterocycles. The third-order valence-corrected chi connectivity index (χ3v) is 5.03. The lowest BCUT2D eigenvalue weighted by Crippen LogP contribution is -2.15. The van der Waals surface area contributed by atoms with Crippen LogP contribution in [0.25, 0.3) is 0 Å². The number of carbonyl (C=O) groups is 1. The minimum Gasteiger partial charge on any atom is -0.294 e. The van der Waals surface area contributed by atoms with Crippen molar-refractivity contribution in [3.05, 3.63) is 106 Å². The first-order chi connectivity index (χ1) is 12.7. The predicted molar refractivity (Wildman–Crippen MR) is 107 cm³/mol. The summed E-state index contributed by atoms with van der Waals surface area (Å²) < 4.78 is 0.967. The van der Waals surface area contributed by atoms with Gasteiger partial charge >= 0.3 is 0 Å². The first kappa shape index (κ1) is 18.1. The number of hydrogen-bond acceptors (Lipinski definition) is 2. The van der Waals surface area contributed by atoms with Gasteiger partial charge in [-0.25, -0.2) is 0 Å². The van der Waals surface area contributed by atoms with E-state index in [1.54, 1.807) is 0 Å². The van der Waals surface area contributed by atoms with Crippen molar-refractivity contribution in [1.29, 1.82) is 5.26 Å². The van der Waals surface area contributed by atoms with Gasteiger partial charge in [0.2, 0.25) is 0 Å². The van der Waals surface area contributed by atoms with E-state index < -0.39 is 5.92 Å². The lowest BCUT2D eigenvalue weighted by molar-refractivity contribution is 0.0972. The van der Waals surface area contributed by atoms with Crippen molar-refractivity contribution >= 4 is 21.7 Å². The van der Waals surface area contributed by atoms with E-state index in [2.05, 4.69) is 22.0 Å². The predicted octanol–water partition coefficient (Wildman–Crippen LogP) is 6.11. The monoisotopic (exact) mass is 403 g/mol. The molecule has 3 aromatic carbocycles. The van der Waals surface area contributed by atoms with Crippen molar-refractivity contribution in [3.63, 3.8) is 0 Å². The van der Waals surface area contributed by atoms with Gasteiger partial charge in [-0.3, -0.25) is 4.79 Å². The molecule has 2 atom stereocenters. The molecule has 3 aromatic rings. The number of carbonyl (C=O) groups excluding carboxylic acids is 1. The van der Waals surface area contributed by atoms with E-state index >= 15 is 0 Å². The van der Waals surface area contributed by atoms with Crippen LogP contribution in [0.4, 0.5) is 0 Å². The topological polar surface area (TPSA) is 40.9 Å². The number of nitriles is 1. The van der Waals surface area contributed by atoms with E-state index in [4.69, 9.17) is 0 Å². The number of hydrogen-bond donors (Lipinski definition) is 0. The number of halogens is 1.